The van der Waals surface area contributed by atoms with E-state index >= 15 is 0 Å². The predicted molar refractivity (Wildman–Crippen MR) is 69.6 cm³/mol. The molecule has 94 valence electrons. The first kappa shape index (κ1) is 12.8. The molecule has 0 bridgehead atoms. The molecular formula is C12H12BrN3O2. The lowest BCUT2D eigenvalue weighted by atomic mass is 10.2. The largest absolute Gasteiger partial charge is 0.476 e. The van der Waals surface area contributed by atoms with Gasteiger partial charge in [-0.1, -0.05) is 40.2 Å². The molecule has 1 N–H and O–H groups in total. The molecule has 0 amide bonds. The zero-order chi connectivity index (χ0) is 13.1. The number of carbonyl (C=O) groups is 1. The van der Waals surface area contributed by atoms with Crippen molar-refractivity contribution in [3.63, 3.8) is 0 Å². The topological polar surface area (TPSA) is 68.0 Å². The van der Waals surface area contributed by atoms with Crippen molar-refractivity contribution in [2.45, 2.75) is 19.9 Å². The molecule has 0 aliphatic heterocycles. The van der Waals surface area contributed by atoms with E-state index in [0.29, 0.717) is 18.7 Å². The third-order valence-corrected chi connectivity index (χ3v) is 3.09. The Hall–Kier alpha value is -1.69. The molecule has 0 atom stereocenters. The van der Waals surface area contributed by atoms with Gasteiger partial charge in [0.25, 0.3) is 0 Å². The number of aromatic nitrogens is 3. The van der Waals surface area contributed by atoms with Crippen LogP contribution < -0.4 is 0 Å². The Morgan fingerprint density at radius 2 is 2.28 bits per heavy atom. The smallest absolute Gasteiger partial charge is 0.358 e. The van der Waals surface area contributed by atoms with Crippen molar-refractivity contribution in [2.24, 2.45) is 0 Å². The molecular weight excluding hydrogens is 298 g/mol. The number of carboxylic acid groups (broad SMARTS) is 1. The van der Waals surface area contributed by atoms with Gasteiger partial charge in [0, 0.05) is 4.47 Å². The molecule has 0 radical (unpaired) electrons. The summed E-state index contributed by atoms with van der Waals surface area (Å²) in [5, 5.41) is 16.6. The highest BCUT2D eigenvalue weighted by molar-refractivity contribution is 9.10. The SMILES string of the molecule is CCc1c(C(=O)O)nnn1Cc1cccc(Br)c1. The van der Waals surface area contributed by atoms with E-state index in [2.05, 4.69) is 26.2 Å². The third kappa shape index (κ3) is 2.59. The summed E-state index contributed by atoms with van der Waals surface area (Å²) < 4.78 is 2.61. The third-order valence-electron chi connectivity index (χ3n) is 2.60. The van der Waals surface area contributed by atoms with Crippen molar-refractivity contribution < 1.29 is 9.90 Å². The number of halogens is 1. The van der Waals surface area contributed by atoms with Crippen molar-refractivity contribution in [3.05, 3.63) is 45.7 Å². The summed E-state index contributed by atoms with van der Waals surface area (Å²) in [5.74, 6) is -1.03. The van der Waals surface area contributed by atoms with Crippen LogP contribution in [0.15, 0.2) is 28.7 Å². The van der Waals surface area contributed by atoms with Crippen LogP contribution in [-0.2, 0) is 13.0 Å². The number of benzene rings is 1. The lowest BCUT2D eigenvalue weighted by molar-refractivity contribution is 0.0689. The van der Waals surface area contributed by atoms with Gasteiger partial charge in [-0.3, -0.25) is 0 Å². The van der Waals surface area contributed by atoms with Crippen LogP contribution in [0, 0.1) is 0 Å². The van der Waals surface area contributed by atoms with Gasteiger partial charge in [-0.25, -0.2) is 9.48 Å². The summed E-state index contributed by atoms with van der Waals surface area (Å²) in [5.41, 5.74) is 1.72. The van der Waals surface area contributed by atoms with Gasteiger partial charge in [0.2, 0.25) is 0 Å². The fourth-order valence-corrected chi connectivity index (χ4v) is 2.23. The second-order valence-electron chi connectivity index (χ2n) is 3.83. The maximum atomic E-state index is 11.0. The number of hydrogen-bond acceptors (Lipinski definition) is 3. The summed E-state index contributed by atoms with van der Waals surface area (Å²) in [6.07, 6.45) is 0.586. The molecule has 0 aliphatic carbocycles. The van der Waals surface area contributed by atoms with Gasteiger partial charge in [-0.05, 0) is 24.1 Å². The average Bonchev–Trinajstić information content (AvgIpc) is 2.72. The van der Waals surface area contributed by atoms with Crippen molar-refractivity contribution >= 4 is 21.9 Å². The van der Waals surface area contributed by atoms with Crippen LogP contribution in [0.25, 0.3) is 0 Å². The Balaban J connectivity index is 2.32. The normalized spacial score (nSPS) is 10.6. The Kier molecular flexibility index (Phi) is 3.76. The maximum absolute atomic E-state index is 11.0. The van der Waals surface area contributed by atoms with E-state index in [-0.39, 0.29) is 5.69 Å². The van der Waals surface area contributed by atoms with E-state index in [1.807, 2.05) is 31.2 Å². The van der Waals surface area contributed by atoms with Gasteiger partial charge in [0.15, 0.2) is 5.69 Å². The minimum absolute atomic E-state index is 0.0347. The molecule has 1 aromatic heterocycles. The molecule has 1 heterocycles. The van der Waals surface area contributed by atoms with Crippen LogP contribution in [0.5, 0.6) is 0 Å². The molecule has 6 heteroatoms. The quantitative estimate of drug-likeness (QED) is 0.941. The summed E-state index contributed by atoms with van der Waals surface area (Å²) in [4.78, 5) is 11.0. The van der Waals surface area contributed by atoms with Crippen LogP contribution in [0.2, 0.25) is 0 Å². The van der Waals surface area contributed by atoms with Crippen molar-refractivity contribution in [3.8, 4) is 0 Å². The van der Waals surface area contributed by atoms with E-state index in [0.717, 1.165) is 10.0 Å². The first-order valence-electron chi connectivity index (χ1n) is 5.52. The second-order valence-corrected chi connectivity index (χ2v) is 4.75. The summed E-state index contributed by atoms with van der Waals surface area (Å²) in [7, 11) is 0. The molecule has 1 aromatic carbocycles. The van der Waals surface area contributed by atoms with E-state index < -0.39 is 5.97 Å². The van der Waals surface area contributed by atoms with Crippen LogP contribution >= 0.6 is 15.9 Å². The minimum Gasteiger partial charge on any atom is -0.476 e. The molecule has 5 nitrogen and oxygen atoms in total. The van der Waals surface area contributed by atoms with Crippen molar-refractivity contribution in [1.82, 2.24) is 15.0 Å². The van der Waals surface area contributed by atoms with Crippen molar-refractivity contribution in [1.29, 1.82) is 0 Å². The van der Waals surface area contributed by atoms with E-state index in [1.54, 1.807) is 4.68 Å². The van der Waals surface area contributed by atoms with Crippen LogP contribution in [0.1, 0.15) is 28.7 Å². The molecule has 0 saturated carbocycles. The van der Waals surface area contributed by atoms with Gasteiger partial charge < -0.3 is 5.11 Å². The molecule has 2 aromatic rings. The zero-order valence-electron chi connectivity index (χ0n) is 9.80. The molecule has 0 spiro atoms. The number of aromatic carboxylic acids is 1. The van der Waals surface area contributed by atoms with E-state index in [1.165, 1.54) is 0 Å². The molecule has 0 aliphatic rings. The lowest BCUT2D eigenvalue weighted by Crippen LogP contribution is -2.08. The highest BCUT2D eigenvalue weighted by Gasteiger charge is 2.17. The summed E-state index contributed by atoms with van der Waals surface area (Å²) in [6, 6.07) is 7.81. The Labute approximate surface area is 113 Å². The van der Waals surface area contributed by atoms with Crippen LogP contribution in [-0.4, -0.2) is 26.1 Å². The highest BCUT2D eigenvalue weighted by Crippen LogP contribution is 2.14. The van der Waals surface area contributed by atoms with Crippen LogP contribution in [0.3, 0.4) is 0 Å². The van der Waals surface area contributed by atoms with Gasteiger partial charge in [0.1, 0.15) is 0 Å². The molecule has 2 rings (SSSR count). The lowest BCUT2D eigenvalue weighted by Gasteiger charge is -2.05. The average molecular weight is 310 g/mol. The monoisotopic (exact) mass is 309 g/mol. The fourth-order valence-electron chi connectivity index (χ4n) is 1.78. The summed E-state index contributed by atoms with van der Waals surface area (Å²) in [6.45, 7) is 2.41. The number of hydrogen-bond donors (Lipinski definition) is 1. The van der Waals surface area contributed by atoms with E-state index in [4.69, 9.17) is 5.11 Å². The molecule has 0 fully saturated rings. The second kappa shape index (κ2) is 5.30. The zero-order valence-corrected chi connectivity index (χ0v) is 11.4. The minimum atomic E-state index is -1.03. The number of carboxylic acids is 1. The van der Waals surface area contributed by atoms with Crippen LogP contribution in [0.4, 0.5) is 0 Å². The first-order valence-corrected chi connectivity index (χ1v) is 6.31. The predicted octanol–water partition coefficient (Wildman–Crippen LogP) is 2.35. The fraction of sp³-hybridized carbons (Fsp3) is 0.250. The Morgan fingerprint density at radius 1 is 1.50 bits per heavy atom. The maximum Gasteiger partial charge on any atom is 0.358 e. The van der Waals surface area contributed by atoms with E-state index in [9.17, 15) is 4.79 Å². The highest BCUT2D eigenvalue weighted by atomic mass is 79.9. The number of rotatable bonds is 4. The van der Waals surface area contributed by atoms with Gasteiger partial charge in [-0.2, -0.15) is 0 Å². The Morgan fingerprint density at radius 3 is 2.89 bits per heavy atom. The summed E-state index contributed by atoms with van der Waals surface area (Å²) >= 11 is 3.40. The molecule has 18 heavy (non-hydrogen) atoms. The van der Waals surface area contributed by atoms with Gasteiger partial charge in [-0.15, -0.1) is 5.10 Å². The molecule has 0 saturated heterocycles. The molecule has 0 unspecified atom stereocenters. The Bertz CT molecular complexity index is 580. The number of nitrogens with zero attached hydrogens (tertiary/aromatic N) is 3. The van der Waals surface area contributed by atoms with Crippen molar-refractivity contribution in [2.75, 3.05) is 0 Å². The standard InChI is InChI=1S/C12H12BrN3O2/c1-2-10-11(12(17)18)14-15-16(10)7-8-4-3-5-9(13)6-8/h3-6H,2,7H2,1H3,(H,17,18). The van der Waals surface area contributed by atoms with Gasteiger partial charge >= 0.3 is 5.97 Å². The first-order chi connectivity index (χ1) is 8.61. The van der Waals surface area contributed by atoms with Gasteiger partial charge in [0.05, 0.1) is 12.2 Å².